The summed E-state index contributed by atoms with van der Waals surface area (Å²) in [6.45, 7) is 6.56. The number of benzene rings is 1. The third kappa shape index (κ3) is 4.21. The first-order valence-corrected chi connectivity index (χ1v) is 8.83. The smallest absolute Gasteiger partial charge is 0.151 e. The Kier molecular flexibility index (Phi) is 6.02. The number of nitrogens with one attached hydrogen (secondary N) is 1. The quantitative estimate of drug-likeness (QED) is 0.840. The van der Waals surface area contributed by atoms with Crippen LogP contribution in [0.5, 0.6) is 5.75 Å². The lowest BCUT2D eigenvalue weighted by molar-refractivity contribution is 0.396. The first-order valence-electron chi connectivity index (χ1n) is 6.88. The van der Waals surface area contributed by atoms with Gasteiger partial charge >= 0.3 is 0 Å². The number of hydrogen-bond acceptors (Lipinski definition) is 4. The zero-order valence-electron chi connectivity index (χ0n) is 12.9. The van der Waals surface area contributed by atoms with Gasteiger partial charge < -0.3 is 10.1 Å². The Hall–Kier alpha value is -1.07. The predicted molar refractivity (Wildman–Crippen MR) is 83.1 cm³/mol. The van der Waals surface area contributed by atoms with Gasteiger partial charge in [0.25, 0.3) is 0 Å². The Morgan fingerprint density at radius 2 is 2.00 bits per heavy atom. The second-order valence-corrected chi connectivity index (χ2v) is 7.61. The zero-order chi connectivity index (χ0) is 15.3. The van der Waals surface area contributed by atoms with Gasteiger partial charge in [0, 0.05) is 11.8 Å². The van der Waals surface area contributed by atoms with Crippen LogP contribution >= 0.6 is 0 Å². The summed E-state index contributed by atoms with van der Waals surface area (Å²) in [5.41, 5.74) is 1.99. The molecule has 2 unspecified atom stereocenters. The molecule has 0 amide bonds. The van der Waals surface area contributed by atoms with E-state index in [1.54, 1.807) is 14.0 Å². The molecule has 20 heavy (non-hydrogen) atoms. The lowest BCUT2D eigenvalue weighted by atomic mass is 10.0. The van der Waals surface area contributed by atoms with E-state index in [4.69, 9.17) is 4.74 Å². The summed E-state index contributed by atoms with van der Waals surface area (Å²) < 4.78 is 29.2. The summed E-state index contributed by atoms with van der Waals surface area (Å²) in [7, 11) is -1.53. The van der Waals surface area contributed by atoms with E-state index in [1.165, 1.54) is 6.26 Å². The van der Waals surface area contributed by atoms with Crippen molar-refractivity contribution >= 4 is 9.84 Å². The number of hydrogen-bond donors (Lipinski definition) is 1. The minimum atomic E-state index is -3.14. The molecule has 0 fully saturated rings. The molecular weight excluding hydrogens is 274 g/mol. The standard InChI is InChI=1S/C15H25NO3S/c1-6-9-16-15(12(3)20(5,17)18)13-10-11(2)7-8-14(13)19-4/h7-8,10,12,15-16H,6,9H2,1-5H3. The molecule has 0 saturated heterocycles. The molecule has 0 aliphatic carbocycles. The highest BCUT2D eigenvalue weighted by molar-refractivity contribution is 7.91. The fourth-order valence-electron chi connectivity index (χ4n) is 2.17. The van der Waals surface area contributed by atoms with E-state index >= 15 is 0 Å². The molecule has 1 aromatic rings. The number of rotatable bonds is 7. The van der Waals surface area contributed by atoms with Crippen LogP contribution in [0.15, 0.2) is 18.2 Å². The molecule has 2 atom stereocenters. The van der Waals surface area contributed by atoms with Crippen LogP contribution < -0.4 is 10.1 Å². The fraction of sp³-hybridized carbons (Fsp3) is 0.600. The predicted octanol–water partition coefficient (Wildman–Crippen LogP) is 2.48. The third-order valence-electron chi connectivity index (χ3n) is 3.48. The van der Waals surface area contributed by atoms with Crippen molar-refractivity contribution in [2.75, 3.05) is 19.9 Å². The van der Waals surface area contributed by atoms with Crippen molar-refractivity contribution in [3.8, 4) is 5.75 Å². The summed E-state index contributed by atoms with van der Waals surface area (Å²) in [5, 5.41) is 2.83. The van der Waals surface area contributed by atoms with Gasteiger partial charge in [-0.25, -0.2) is 8.42 Å². The number of aryl methyl sites for hydroxylation is 1. The lowest BCUT2D eigenvalue weighted by Crippen LogP contribution is -2.35. The fourth-order valence-corrected chi connectivity index (χ4v) is 2.91. The van der Waals surface area contributed by atoms with E-state index in [1.807, 2.05) is 25.1 Å². The average Bonchev–Trinajstić information content (AvgIpc) is 2.38. The minimum Gasteiger partial charge on any atom is -0.496 e. The normalized spacial score (nSPS) is 14.8. The molecule has 1 N–H and O–H groups in total. The monoisotopic (exact) mass is 299 g/mol. The first kappa shape index (κ1) is 17.0. The molecular formula is C15H25NO3S. The summed E-state index contributed by atoms with van der Waals surface area (Å²) in [6.07, 6.45) is 2.22. The van der Waals surface area contributed by atoms with Gasteiger partial charge in [-0.15, -0.1) is 0 Å². The molecule has 0 radical (unpaired) electrons. The van der Waals surface area contributed by atoms with Crippen molar-refractivity contribution in [2.24, 2.45) is 0 Å². The van der Waals surface area contributed by atoms with Gasteiger partial charge in [0.05, 0.1) is 18.4 Å². The van der Waals surface area contributed by atoms with E-state index in [9.17, 15) is 8.42 Å². The van der Waals surface area contributed by atoms with Crippen LogP contribution in [0.1, 0.15) is 37.4 Å². The topological polar surface area (TPSA) is 55.4 Å². The van der Waals surface area contributed by atoms with Crippen LogP contribution in [-0.4, -0.2) is 33.6 Å². The van der Waals surface area contributed by atoms with Crippen molar-refractivity contribution in [1.29, 1.82) is 0 Å². The summed E-state index contributed by atoms with van der Waals surface area (Å²) in [4.78, 5) is 0. The average molecular weight is 299 g/mol. The van der Waals surface area contributed by atoms with Crippen LogP contribution in [0.25, 0.3) is 0 Å². The van der Waals surface area contributed by atoms with Crippen molar-refractivity contribution in [3.05, 3.63) is 29.3 Å². The van der Waals surface area contributed by atoms with E-state index in [0.29, 0.717) is 0 Å². The van der Waals surface area contributed by atoms with E-state index in [2.05, 4.69) is 12.2 Å². The molecule has 1 rings (SSSR count). The van der Waals surface area contributed by atoms with Crippen molar-refractivity contribution in [2.45, 2.75) is 38.5 Å². The van der Waals surface area contributed by atoms with Gasteiger partial charge in [-0.05, 0) is 32.9 Å². The molecule has 114 valence electrons. The summed E-state index contributed by atoms with van der Waals surface area (Å²) in [6, 6.07) is 5.58. The van der Waals surface area contributed by atoms with Crippen LogP contribution in [0, 0.1) is 6.92 Å². The van der Waals surface area contributed by atoms with Crippen LogP contribution in [0.3, 0.4) is 0 Å². The van der Waals surface area contributed by atoms with Gasteiger partial charge in [-0.1, -0.05) is 24.6 Å². The lowest BCUT2D eigenvalue weighted by Gasteiger charge is -2.26. The van der Waals surface area contributed by atoms with Gasteiger partial charge in [0.15, 0.2) is 9.84 Å². The molecule has 0 saturated carbocycles. The van der Waals surface area contributed by atoms with Crippen LogP contribution in [0.4, 0.5) is 0 Å². The highest BCUT2D eigenvalue weighted by Crippen LogP contribution is 2.30. The Balaban J connectivity index is 3.26. The molecule has 0 bridgehead atoms. The van der Waals surface area contributed by atoms with Gasteiger partial charge in [0.1, 0.15) is 5.75 Å². The molecule has 0 heterocycles. The van der Waals surface area contributed by atoms with Crippen molar-refractivity contribution in [1.82, 2.24) is 5.32 Å². The highest BCUT2D eigenvalue weighted by Gasteiger charge is 2.29. The second kappa shape index (κ2) is 7.09. The minimum absolute atomic E-state index is 0.264. The summed E-state index contributed by atoms with van der Waals surface area (Å²) in [5.74, 6) is 0.722. The van der Waals surface area contributed by atoms with E-state index < -0.39 is 15.1 Å². The van der Waals surface area contributed by atoms with Crippen molar-refractivity contribution < 1.29 is 13.2 Å². The maximum Gasteiger partial charge on any atom is 0.151 e. The summed E-state index contributed by atoms with van der Waals surface area (Å²) >= 11 is 0. The number of sulfone groups is 1. The number of ether oxygens (including phenoxy) is 1. The van der Waals surface area contributed by atoms with Gasteiger partial charge in [-0.3, -0.25) is 0 Å². The molecule has 4 nitrogen and oxygen atoms in total. The Labute approximate surface area is 122 Å². The highest BCUT2D eigenvalue weighted by atomic mass is 32.2. The Bertz CT molecular complexity index is 540. The molecule has 0 aromatic heterocycles. The molecule has 0 aliphatic heterocycles. The van der Waals surface area contributed by atoms with Gasteiger partial charge in [0.2, 0.25) is 0 Å². The Morgan fingerprint density at radius 3 is 2.50 bits per heavy atom. The molecule has 0 spiro atoms. The maximum atomic E-state index is 11.9. The molecule has 0 aliphatic rings. The van der Waals surface area contributed by atoms with Crippen LogP contribution in [0.2, 0.25) is 0 Å². The first-order chi connectivity index (χ1) is 9.31. The van der Waals surface area contributed by atoms with E-state index in [-0.39, 0.29) is 6.04 Å². The maximum absolute atomic E-state index is 11.9. The molecule has 1 aromatic carbocycles. The van der Waals surface area contributed by atoms with Gasteiger partial charge in [-0.2, -0.15) is 0 Å². The van der Waals surface area contributed by atoms with Crippen LogP contribution in [-0.2, 0) is 9.84 Å². The second-order valence-electron chi connectivity index (χ2n) is 5.21. The zero-order valence-corrected chi connectivity index (χ0v) is 13.8. The molecule has 5 heteroatoms. The van der Waals surface area contributed by atoms with E-state index in [0.717, 1.165) is 29.8 Å². The van der Waals surface area contributed by atoms with Crippen molar-refractivity contribution in [3.63, 3.8) is 0 Å². The Morgan fingerprint density at radius 1 is 1.35 bits per heavy atom. The largest absolute Gasteiger partial charge is 0.496 e. The number of methoxy groups -OCH3 is 1. The third-order valence-corrected chi connectivity index (χ3v) is 5.10. The SMILES string of the molecule is CCCNC(c1cc(C)ccc1OC)C(C)S(C)(=O)=O.